The molecular formula is C52H57NO10. The van der Waals surface area contributed by atoms with Crippen LogP contribution in [-0.2, 0) is 29.7 Å². The average Bonchev–Trinajstić information content (AvgIpc) is 3.65. The number of benzene rings is 5. The number of aromatic hydroxyl groups is 6. The summed E-state index contributed by atoms with van der Waals surface area (Å²) in [6.45, 7) is -0.0899. The topological polar surface area (TPSA) is 203 Å². The van der Waals surface area contributed by atoms with E-state index in [1.165, 1.54) is 17.7 Å². The normalized spacial score (nSPS) is 25.7. The van der Waals surface area contributed by atoms with E-state index in [2.05, 4.69) is 24.3 Å². The van der Waals surface area contributed by atoms with Crippen LogP contribution in [0.25, 0.3) is 0 Å². The van der Waals surface area contributed by atoms with E-state index in [0.717, 1.165) is 48.8 Å². The first-order valence-electron chi connectivity index (χ1n) is 22.4. The molecule has 0 amide bonds. The van der Waals surface area contributed by atoms with Gasteiger partial charge in [0.05, 0.1) is 6.10 Å². The highest BCUT2D eigenvalue weighted by Crippen LogP contribution is 2.68. The lowest BCUT2D eigenvalue weighted by Crippen LogP contribution is -2.51. The standard InChI is InChI=1S/C52H57NO10/c53-28-63-45-20-29(12-16-42(45)57)11-15-41(56)38-22-32(21-31-13-14-36(55)25-43(31)58)37-23-33-24-40(52(17-4-5-18-52)34-8-2-1-3-9-34)47(48(37)49(38)60)39-26-44(59)50(61)51(46(33)39)62-27-30-7-6-10-35(54)19-30/h1-3,6-10,12-14,16,19-20,25-26,32-33,37-38,40,47-49,54-55,57-61H,4-5,11,15,17-18,21-24,27-28,53H2. The van der Waals surface area contributed by atoms with Gasteiger partial charge in [0.2, 0.25) is 5.75 Å². The number of phenolic OH excluding ortho intramolecular Hbond substituents is 6. The Bertz CT molecular complexity index is 2470. The van der Waals surface area contributed by atoms with E-state index in [1.54, 1.807) is 48.5 Å². The molecule has 5 aromatic carbocycles. The summed E-state index contributed by atoms with van der Waals surface area (Å²) < 4.78 is 11.9. The van der Waals surface area contributed by atoms with Crippen LogP contribution in [0.2, 0.25) is 0 Å². The minimum Gasteiger partial charge on any atom is -0.508 e. The summed E-state index contributed by atoms with van der Waals surface area (Å²) in [5, 5.41) is 78.3. The van der Waals surface area contributed by atoms with E-state index < -0.39 is 17.9 Å². The van der Waals surface area contributed by atoms with Gasteiger partial charge in [0.15, 0.2) is 23.0 Å². The summed E-state index contributed by atoms with van der Waals surface area (Å²) in [6, 6.07) is 28.6. The quantitative estimate of drug-likeness (QED) is 0.0416. The van der Waals surface area contributed by atoms with Crippen LogP contribution >= 0.6 is 0 Å². The number of fused-ring (bicyclic) bond motifs is 1. The van der Waals surface area contributed by atoms with Crippen LogP contribution in [0.5, 0.6) is 46.0 Å². The van der Waals surface area contributed by atoms with Gasteiger partial charge in [-0.3, -0.25) is 10.5 Å². The number of ether oxygens (including phenoxy) is 2. The molecule has 3 saturated carbocycles. The Labute approximate surface area is 367 Å². The molecule has 5 aliphatic rings. The monoisotopic (exact) mass is 855 g/mol. The molecule has 3 fully saturated rings. The van der Waals surface area contributed by atoms with E-state index in [4.69, 9.17) is 15.2 Å². The SMILES string of the molecule is NCOc1cc(CCC(=O)C2CC(Cc3ccc(O)cc3O)C3CC4CC(C5(c6ccccc6)CCCC5)C(c5cc(O)c(O)c(OCc6cccc(O)c6)c54)C3C2O)ccc1O. The summed E-state index contributed by atoms with van der Waals surface area (Å²) >= 11 is 0. The molecule has 0 spiro atoms. The Morgan fingerprint density at radius 2 is 1.52 bits per heavy atom. The Morgan fingerprint density at radius 1 is 0.746 bits per heavy atom. The van der Waals surface area contributed by atoms with Crippen LogP contribution in [-0.4, -0.2) is 54.4 Å². The maximum atomic E-state index is 14.7. The molecule has 63 heavy (non-hydrogen) atoms. The van der Waals surface area contributed by atoms with Gasteiger partial charge in [-0.2, -0.15) is 0 Å². The van der Waals surface area contributed by atoms with Gasteiger partial charge in [-0.15, -0.1) is 0 Å². The molecule has 8 atom stereocenters. The third kappa shape index (κ3) is 7.90. The molecule has 0 heterocycles. The number of hydrogen-bond acceptors (Lipinski definition) is 11. The zero-order chi connectivity index (χ0) is 44.0. The second-order valence-corrected chi connectivity index (χ2v) is 18.5. The molecule has 5 aromatic rings. The van der Waals surface area contributed by atoms with Gasteiger partial charge in [0.25, 0.3) is 0 Å². The van der Waals surface area contributed by atoms with Crippen LogP contribution < -0.4 is 15.2 Å². The lowest BCUT2D eigenvalue weighted by atomic mass is 9.52. The molecular weight excluding hydrogens is 799 g/mol. The Morgan fingerprint density at radius 3 is 2.27 bits per heavy atom. The predicted molar refractivity (Wildman–Crippen MR) is 236 cm³/mol. The van der Waals surface area contributed by atoms with Crippen molar-refractivity contribution in [3.05, 3.63) is 130 Å². The van der Waals surface area contributed by atoms with Gasteiger partial charge in [0, 0.05) is 24.0 Å². The minimum absolute atomic E-state index is 0.00181. The maximum Gasteiger partial charge on any atom is 0.200 e. The maximum absolute atomic E-state index is 14.7. The Kier molecular flexibility index (Phi) is 11.7. The second-order valence-electron chi connectivity index (χ2n) is 18.5. The van der Waals surface area contributed by atoms with Crippen molar-refractivity contribution in [2.24, 2.45) is 35.3 Å². The van der Waals surface area contributed by atoms with Crippen molar-refractivity contribution in [1.82, 2.24) is 0 Å². The number of ketones is 1. The molecule has 8 unspecified atom stereocenters. The number of hydrogen-bond donors (Lipinski definition) is 8. The van der Waals surface area contributed by atoms with E-state index >= 15 is 0 Å². The highest BCUT2D eigenvalue weighted by molar-refractivity contribution is 5.82. The third-order valence-electron chi connectivity index (χ3n) is 15.2. The number of aliphatic hydroxyl groups excluding tert-OH is 1. The van der Waals surface area contributed by atoms with E-state index in [0.29, 0.717) is 36.8 Å². The fourth-order valence-corrected chi connectivity index (χ4v) is 12.6. The molecule has 0 aliphatic heterocycles. The van der Waals surface area contributed by atoms with Gasteiger partial charge >= 0.3 is 0 Å². The predicted octanol–water partition coefficient (Wildman–Crippen LogP) is 8.57. The summed E-state index contributed by atoms with van der Waals surface area (Å²) in [7, 11) is 0. The number of nitrogens with two attached hydrogens (primary N) is 1. The fraction of sp³-hybridized carbons (Fsp3) is 0.404. The lowest BCUT2D eigenvalue weighted by Gasteiger charge is -2.52. The molecule has 0 saturated heterocycles. The largest absolute Gasteiger partial charge is 0.508 e. The third-order valence-corrected chi connectivity index (χ3v) is 15.2. The molecule has 11 nitrogen and oxygen atoms in total. The molecule has 0 aromatic heterocycles. The lowest BCUT2D eigenvalue weighted by molar-refractivity contribution is -0.136. The molecule has 330 valence electrons. The van der Waals surface area contributed by atoms with Gasteiger partial charge in [-0.05, 0) is 150 Å². The van der Waals surface area contributed by atoms with E-state index in [9.17, 15) is 40.5 Å². The number of aryl methyl sites for hydroxylation is 1. The number of aliphatic hydroxyl groups is 1. The first-order chi connectivity index (χ1) is 30.4. The average molecular weight is 856 g/mol. The van der Waals surface area contributed by atoms with Crippen molar-refractivity contribution >= 4 is 5.78 Å². The molecule has 9 N–H and O–H groups in total. The molecule has 5 aliphatic carbocycles. The van der Waals surface area contributed by atoms with Crippen molar-refractivity contribution in [3.8, 4) is 46.0 Å². The summed E-state index contributed by atoms with van der Waals surface area (Å²) in [4.78, 5) is 14.7. The molecule has 11 heteroatoms. The number of rotatable bonds is 13. The number of carbonyl (C=O) groups is 1. The Hall–Kier alpha value is -5.91. The van der Waals surface area contributed by atoms with Crippen LogP contribution in [0.3, 0.4) is 0 Å². The first-order valence-corrected chi connectivity index (χ1v) is 22.4. The zero-order valence-electron chi connectivity index (χ0n) is 35.3. The molecule has 10 rings (SSSR count). The van der Waals surface area contributed by atoms with Crippen LogP contribution in [0.4, 0.5) is 0 Å². The number of Topliss-reactive ketones (excluding diaryl/α,β-unsaturated/α-hetero) is 1. The zero-order valence-corrected chi connectivity index (χ0v) is 35.3. The van der Waals surface area contributed by atoms with Gasteiger partial charge in [-0.1, -0.05) is 67.4 Å². The van der Waals surface area contributed by atoms with Gasteiger partial charge in [-0.25, -0.2) is 0 Å². The summed E-state index contributed by atoms with van der Waals surface area (Å²) in [6.07, 6.45) is 5.56. The van der Waals surface area contributed by atoms with Crippen molar-refractivity contribution in [3.63, 3.8) is 0 Å². The van der Waals surface area contributed by atoms with Crippen molar-refractivity contribution in [2.75, 3.05) is 6.73 Å². The smallest absolute Gasteiger partial charge is 0.200 e. The van der Waals surface area contributed by atoms with Crippen molar-refractivity contribution in [1.29, 1.82) is 0 Å². The molecule has 0 radical (unpaired) electrons. The second kappa shape index (κ2) is 17.3. The van der Waals surface area contributed by atoms with Crippen LogP contribution in [0, 0.1) is 29.6 Å². The molecule has 2 bridgehead atoms. The highest BCUT2D eigenvalue weighted by Gasteiger charge is 2.60. The van der Waals surface area contributed by atoms with E-state index in [1.807, 2.05) is 12.1 Å². The summed E-state index contributed by atoms with van der Waals surface area (Å²) in [5.74, 6) is -2.42. The minimum atomic E-state index is -1.05. The Balaban J connectivity index is 1.17. The van der Waals surface area contributed by atoms with Crippen molar-refractivity contribution in [2.45, 2.75) is 94.2 Å². The van der Waals surface area contributed by atoms with E-state index in [-0.39, 0.29) is 107 Å². The highest BCUT2D eigenvalue weighted by atomic mass is 16.5. The van der Waals surface area contributed by atoms with Crippen LogP contribution in [0.1, 0.15) is 96.6 Å². The van der Waals surface area contributed by atoms with Crippen LogP contribution in [0.15, 0.2) is 97.1 Å². The van der Waals surface area contributed by atoms with Crippen molar-refractivity contribution < 1.29 is 50.0 Å². The van der Waals surface area contributed by atoms with Gasteiger partial charge < -0.3 is 45.2 Å². The number of carbonyl (C=O) groups excluding carboxylic acids is 1. The fourth-order valence-electron chi connectivity index (χ4n) is 12.6. The number of phenols is 6. The first kappa shape index (κ1) is 42.4. The van der Waals surface area contributed by atoms with Gasteiger partial charge in [0.1, 0.15) is 36.4 Å². The summed E-state index contributed by atoms with van der Waals surface area (Å²) in [5.41, 5.74) is 10.3.